The van der Waals surface area contributed by atoms with Crippen LogP contribution in [0, 0.1) is 21.4 Å². The van der Waals surface area contributed by atoms with Gasteiger partial charge >= 0.3 is 0 Å². The molecule has 0 atom stereocenters. The number of hydrogen-bond donors (Lipinski definition) is 2. The highest BCUT2D eigenvalue weighted by Crippen LogP contribution is 2.16. The summed E-state index contributed by atoms with van der Waals surface area (Å²) in [4.78, 5) is 9.82. The van der Waals surface area contributed by atoms with E-state index in [4.69, 9.17) is 11.0 Å². The molecule has 7 nitrogen and oxygen atoms in total. The second kappa shape index (κ2) is 5.53. The van der Waals surface area contributed by atoms with Gasteiger partial charge in [0.2, 0.25) is 0 Å². The van der Waals surface area contributed by atoms with Gasteiger partial charge in [0.05, 0.1) is 10.6 Å². The summed E-state index contributed by atoms with van der Waals surface area (Å²) in [6.45, 7) is 0. The molecule has 0 aliphatic carbocycles. The SMILES string of the molecule is N#C/C(=N\Nc1cccc([N+](=O)[O-])c1)C(N)=S. The van der Waals surface area contributed by atoms with E-state index in [-0.39, 0.29) is 16.4 Å². The maximum Gasteiger partial charge on any atom is 0.271 e. The Morgan fingerprint density at radius 2 is 2.35 bits per heavy atom. The fraction of sp³-hybridized carbons (Fsp3) is 0. The molecule has 1 aromatic rings. The molecule has 1 aromatic carbocycles. The van der Waals surface area contributed by atoms with Crippen LogP contribution in [0.5, 0.6) is 0 Å². The molecule has 0 unspecified atom stereocenters. The molecule has 0 bridgehead atoms. The fourth-order valence-electron chi connectivity index (χ4n) is 0.945. The molecule has 0 fully saturated rings. The van der Waals surface area contributed by atoms with Gasteiger partial charge in [-0.15, -0.1) is 0 Å². The second-order valence-corrected chi connectivity index (χ2v) is 3.30. The number of benzene rings is 1. The highest BCUT2D eigenvalue weighted by molar-refractivity contribution is 7.82. The minimum Gasteiger partial charge on any atom is -0.387 e. The molecule has 0 saturated heterocycles. The Morgan fingerprint density at radius 1 is 1.65 bits per heavy atom. The van der Waals surface area contributed by atoms with E-state index in [2.05, 4.69) is 22.7 Å². The summed E-state index contributed by atoms with van der Waals surface area (Å²) in [6, 6.07) is 7.36. The molecule has 0 saturated carbocycles. The number of nitro benzene ring substituents is 1. The number of nitrogens with one attached hydrogen (secondary N) is 1. The molecule has 0 radical (unpaired) electrons. The molecule has 86 valence electrons. The van der Waals surface area contributed by atoms with Crippen molar-refractivity contribution < 1.29 is 4.92 Å². The minimum absolute atomic E-state index is 0.0842. The van der Waals surface area contributed by atoms with Crippen LogP contribution in [0.1, 0.15) is 0 Å². The minimum atomic E-state index is -0.534. The Hall–Kier alpha value is -2.53. The molecule has 8 heteroatoms. The molecule has 1 rings (SSSR count). The van der Waals surface area contributed by atoms with Crippen molar-refractivity contribution in [3.63, 3.8) is 0 Å². The third kappa shape index (κ3) is 3.51. The zero-order valence-corrected chi connectivity index (χ0v) is 9.27. The molecule has 17 heavy (non-hydrogen) atoms. The van der Waals surface area contributed by atoms with Crippen LogP contribution in [-0.4, -0.2) is 15.6 Å². The van der Waals surface area contributed by atoms with Gasteiger partial charge in [0, 0.05) is 12.1 Å². The van der Waals surface area contributed by atoms with Crippen LogP contribution >= 0.6 is 12.2 Å². The molecule has 3 N–H and O–H groups in total. The van der Waals surface area contributed by atoms with Crippen molar-refractivity contribution in [3.8, 4) is 6.07 Å². The van der Waals surface area contributed by atoms with Gasteiger partial charge in [-0.1, -0.05) is 18.3 Å². The maximum absolute atomic E-state index is 10.5. The van der Waals surface area contributed by atoms with Gasteiger partial charge in [0.1, 0.15) is 11.1 Å². The van der Waals surface area contributed by atoms with Crippen molar-refractivity contribution in [2.75, 3.05) is 5.43 Å². The van der Waals surface area contributed by atoms with Crippen LogP contribution in [0.3, 0.4) is 0 Å². The van der Waals surface area contributed by atoms with Crippen molar-refractivity contribution in [3.05, 3.63) is 34.4 Å². The zero-order valence-electron chi connectivity index (χ0n) is 8.45. The van der Waals surface area contributed by atoms with E-state index in [9.17, 15) is 10.1 Å². The van der Waals surface area contributed by atoms with Gasteiger partial charge in [-0.05, 0) is 6.07 Å². The van der Waals surface area contributed by atoms with Gasteiger partial charge in [-0.25, -0.2) is 0 Å². The highest BCUT2D eigenvalue weighted by Gasteiger charge is 2.05. The van der Waals surface area contributed by atoms with Crippen LogP contribution in [0.25, 0.3) is 0 Å². The van der Waals surface area contributed by atoms with Gasteiger partial charge in [0.25, 0.3) is 5.69 Å². The smallest absolute Gasteiger partial charge is 0.271 e. The number of anilines is 1. The Morgan fingerprint density at radius 3 is 2.88 bits per heavy atom. The first-order valence-corrected chi connectivity index (χ1v) is 4.73. The lowest BCUT2D eigenvalue weighted by atomic mass is 10.3. The fourth-order valence-corrected chi connectivity index (χ4v) is 1.04. The van der Waals surface area contributed by atoms with Crippen LogP contribution in [0.15, 0.2) is 29.4 Å². The largest absolute Gasteiger partial charge is 0.387 e. The van der Waals surface area contributed by atoms with E-state index >= 15 is 0 Å². The zero-order chi connectivity index (χ0) is 12.8. The summed E-state index contributed by atoms with van der Waals surface area (Å²) < 4.78 is 0. The number of thiocarbonyl (C=S) groups is 1. The van der Waals surface area contributed by atoms with Crippen LogP contribution in [0.2, 0.25) is 0 Å². The molecule has 0 aromatic heterocycles. The van der Waals surface area contributed by atoms with E-state index in [1.165, 1.54) is 18.2 Å². The average Bonchev–Trinajstić information content (AvgIpc) is 2.29. The number of nitriles is 1. The summed E-state index contributed by atoms with van der Waals surface area (Å²) in [5.74, 6) is 0. The first kappa shape index (κ1) is 12.5. The third-order valence-corrected chi connectivity index (χ3v) is 1.89. The lowest BCUT2D eigenvalue weighted by molar-refractivity contribution is -0.384. The number of nitro groups is 1. The Labute approximate surface area is 102 Å². The molecule has 0 heterocycles. The predicted molar refractivity (Wildman–Crippen MR) is 66.6 cm³/mol. The quantitative estimate of drug-likeness (QED) is 0.358. The molecule has 0 aliphatic heterocycles. The van der Waals surface area contributed by atoms with Crippen LogP contribution < -0.4 is 11.2 Å². The standard InChI is InChI=1S/C9H7N5O2S/c10-5-8(9(11)17)13-12-6-2-1-3-7(4-6)14(15)16/h1-4,12H,(H2,11,17)/b13-8+. The highest BCUT2D eigenvalue weighted by atomic mass is 32.1. The van der Waals surface area contributed by atoms with Crippen molar-refractivity contribution in [2.24, 2.45) is 10.8 Å². The van der Waals surface area contributed by atoms with Gasteiger partial charge in [-0.2, -0.15) is 10.4 Å². The van der Waals surface area contributed by atoms with Crippen LogP contribution in [0.4, 0.5) is 11.4 Å². The lowest BCUT2D eigenvalue weighted by Crippen LogP contribution is -2.20. The van der Waals surface area contributed by atoms with Crippen molar-refractivity contribution in [2.45, 2.75) is 0 Å². The summed E-state index contributed by atoms with van der Waals surface area (Å²) in [5.41, 5.74) is 7.82. The van der Waals surface area contributed by atoms with E-state index < -0.39 is 4.92 Å². The third-order valence-electron chi connectivity index (χ3n) is 1.69. The van der Waals surface area contributed by atoms with E-state index in [0.29, 0.717) is 5.69 Å². The predicted octanol–water partition coefficient (Wildman–Crippen LogP) is 1.17. The normalized spacial score (nSPS) is 10.4. The maximum atomic E-state index is 10.5. The van der Waals surface area contributed by atoms with E-state index in [0.717, 1.165) is 0 Å². The van der Waals surface area contributed by atoms with Crippen molar-refractivity contribution >= 4 is 34.3 Å². The Balaban J connectivity index is 2.90. The Kier molecular flexibility index (Phi) is 4.08. The molecule has 0 spiro atoms. The molecule has 0 aliphatic rings. The average molecular weight is 249 g/mol. The van der Waals surface area contributed by atoms with E-state index in [1.54, 1.807) is 12.1 Å². The molecular weight excluding hydrogens is 242 g/mol. The Bertz CT molecular complexity index is 534. The number of nitrogens with two attached hydrogens (primary N) is 1. The first-order valence-electron chi connectivity index (χ1n) is 4.32. The van der Waals surface area contributed by atoms with Gasteiger partial charge in [0.15, 0.2) is 5.71 Å². The molecular formula is C9H7N5O2S. The second-order valence-electron chi connectivity index (χ2n) is 2.86. The summed E-state index contributed by atoms with van der Waals surface area (Å²) in [6.07, 6.45) is 0. The van der Waals surface area contributed by atoms with Crippen molar-refractivity contribution in [1.82, 2.24) is 0 Å². The van der Waals surface area contributed by atoms with Crippen molar-refractivity contribution in [1.29, 1.82) is 5.26 Å². The molecule has 0 amide bonds. The van der Waals surface area contributed by atoms with Gasteiger partial charge < -0.3 is 5.73 Å². The first-order chi connectivity index (χ1) is 8.04. The number of rotatable bonds is 4. The lowest BCUT2D eigenvalue weighted by Gasteiger charge is -2.00. The topological polar surface area (TPSA) is 117 Å². The number of nitrogens with zero attached hydrogens (tertiary/aromatic N) is 3. The van der Waals surface area contributed by atoms with Gasteiger partial charge in [-0.3, -0.25) is 15.5 Å². The number of hydrogen-bond acceptors (Lipinski definition) is 6. The summed E-state index contributed by atoms with van der Waals surface area (Å²) >= 11 is 4.58. The number of hydrazone groups is 1. The summed E-state index contributed by atoms with van der Waals surface area (Å²) in [7, 11) is 0. The van der Waals surface area contributed by atoms with E-state index in [1.807, 2.05) is 0 Å². The summed E-state index contributed by atoms with van der Waals surface area (Å²) in [5, 5.41) is 22.8. The number of non-ortho nitro benzene ring substituents is 1. The monoisotopic (exact) mass is 249 g/mol. The van der Waals surface area contributed by atoms with Crippen LogP contribution in [-0.2, 0) is 0 Å².